The maximum atomic E-state index is 11.9. The van der Waals surface area contributed by atoms with Crippen LogP contribution in [0.4, 0.5) is 0 Å². The second kappa shape index (κ2) is 5.30. The molecular formula is C15H15NO. The van der Waals surface area contributed by atoms with E-state index in [1.54, 1.807) is 0 Å². The number of rotatable bonds is 3. The summed E-state index contributed by atoms with van der Waals surface area (Å²) in [4.78, 5) is 11.9. The summed E-state index contributed by atoms with van der Waals surface area (Å²) < 4.78 is 0. The van der Waals surface area contributed by atoms with Crippen molar-refractivity contribution in [1.82, 2.24) is 5.32 Å². The maximum Gasteiger partial charge on any atom is 0.251 e. The molecule has 0 saturated carbocycles. The Labute approximate surface area is 101 Å². The number of aryl methyl sites for hydroxylation is 1. The van der Waals surface area contributed by atoms with Gasteiger partial charge in [0.15, 0.2) is 0 Å². The second-order valence-corrected chi connectivity index (χ2v) is 4.04. The molecule has 0 aliphatic rings. The third-order valence-corrected chi connectivity index (χ3v) is 2.58. The average Bonchev–Trinajstić information content (AvgIpc) is 2.37. The Morgan fingerprint density at radius 2 is 1.82 bits per heavy atom. The molecule has 1 N–H and O–H groups in total. The lowest BCUT2D eigenvalue weighted by Gasteiger charge is -2.05. The van der Waals surface area contributed by atoms with Crippen molar-refractivity contribution in [2.75, 3.05) is 0 Å². The van der Waals surface area contributed by atoms with Gasteiger partial charge >= 0.3 is 0 Å². The highest BCUT2D eigenvalue weighted by atomic mass is 16.1. The molecular weight excluding hydrogens is 210 g/mol. The van der Waals surface area contributed by atoms with Crippen LogP contribution in [0.25, 0.3) is 0 Å². The third kappa shape index (κ3) is 3.18. The van der Waals surface area contributed by atoms with Crippen LogP contribution in [0.5, 0.6) is 0 Å². The second-order valence-electron chi connectivity index (χ2n) is 4.04. The van der Waals surface area contributed by atoms with Gasteiger partial charge in [0.1, 0.15) is 0 Å². The van der Waals surface area contributed by atoms with E-state index in [0.29, 0.717) is 12.1 Å². The molecule has 0 unspecified atom stereocenters. The van der Waals surface area contributed by atoms with Crippen molar-refractivity contribution in [3.63, 3.8) is 0 Å². The highest BCUT2D eigenvalue weighted by molar-refractivity contribution is 5.94. The number of hydrogen-bond donors (Lipinski definition) is 1. The predicted octanol–water partition coefficient (Wildman–Crippen LogP) is 2.93. The van der Waals surface area contributed by atoms with Gasteiger partial charge < -0.3 is 5.32 Å². The molecule has 0 saturated heterocycles. The van der Waals surface area contributed by atoms with Gasteiger partial charge in [-0.3, -0.25) is 4.79 Å². The molecule has 2 heteroatoms. The average molecular weight is 225 g/mol. The molecule has 2 aromatic rings. The van der Waals surface area contributed by atoms with Crippen LogP contribution >= 0.6 is 0 Å². The van der Waals surface area contributed by atoms with Gasteiger partial charge in [-0.15, -0.1) is 0 Å². The zero-order valence-electron chi connectivity index (χ0n) is 9.81. The van der Waals surface area contributed by atoms with Crippen molar-refractivity contribution in [2.24, 2.45) is 0 Å². The Balaban J connectivity index is 1.98. The fourth-order valence-electron chi connectivity index (χ4n) is 1.67. The first kappa shape index (κ1) is 11.4. The van der Waals surface area contributed by atoms with Crippen LogP contribution in [-0.2, 0) is 6.54 Å². The molecule has 0 aliphatic carbocycles. The van der Waals surface area contributed by atoms with E-state index in [9.17, 15) is 4.79 Å². The van der Waals surface area contributed by atoms with Crippen LogP contribution in [0, 0.1) is 6.92 Å². The van der Waals surface area contributed by atoms with Crippen molar-refractivity contribution in [2.45, 2.75) is 13.5 Å². The van der Waals surface area contributed by atoms with Gasteiger partial charge in [-0.1, -0.05) is 48.0 Å². The molecule has 0 aromatic heterocycles. The summed E-state index contributed by atoms with van der Waals surface area (Å²) in [5.41, 5.74) is 2.91. The summed E-state index contributed by atoms with van der Waals surface area (Å²) in [6.45, 7) is 2.54. The number of hydrogen-bond acceptors (Lipinski definition) is 1. The van der Waals surface area contributed by atoms with Gasteiger partial charge in [-0.05, 0) is 24.6 Å². The van der Waals surface area contributed by atoms with E-state index >= 15 is 0 Å². The topological polar surface area (TPSA) is 29.1 Å². The van der Waals surface area contributed by atoms with Gasteiger partial charge in [0.05, 0.1) is 0 Å². The van der Waals surface area contributed by atoms with Crippen molar-refractivity contribution in [3.05, 3.63) is 71.3 Å². The minimum Gasteiger partial charge on any atom is -0.348 e. The Kier molecular flexibility index (Phi) is 3.55. The number of nitrogens with one attached hydrogen (secondary N) is 1. The van der Waals surface area contributed by atoms with Crippen molar-refractivity contribution in [1.29, 1.82) is 0 Å². The van der Waals surface area contributed by atoms with Crippen LogP contribution in [0.2, 0.25) is 0 Å². The maximum absolute atomic E-state index is 11.9. The Morgan fingerprint density at radius 3 is 2.53 bits per heavy atom. The van der Waals surface area contributed by atoms with Gasteiger partial charge in [0.2, 0.25) is 0 Å². The Hall–Kier alpha value is -2.09. The number of benzene rings is 2. The van der Waals surface area contributed by atoms with Crippen LogP contribution in [-0.4, -0.2) is 5.91 Å². The quantitative estimate of drug-likeness (QED) is 0.855. The normalized spacial score (nSPS) is 9.94. The standard InChI is InChI=1S/C15H15NO/c1-12-6-5-9-14(10-12)15(17)16-11-13-7-3-2-4-8-13/h2-10H,11H2,1H3,(H,16,17). The molecule has 0 heterocycles. The van der Waals surface area contributed by atoms with E-state index in [1.807, 2.05) is 61.5 Å². The van der Waals surface area contributed by atoms with Gasteiger partial charge in [-0.2, -0.15) is 0 Å². The number of carbonyl (C=O) groups is 1. The van der Waals surface area contributed by atoms with E-state index < -0.39 is 0 Å². The molecule has 0 aliphatic heterocycles. The monoisotopic (exact) mass is 225 g/mol. The minimum absolute atomic E-state index is 0.0300. The molecule has 1 amide bonds. The molecule has 86 valence electrons. The largest absolute Gasteiger partial charge is 0.348 e. The van der Waals surface area contributed by atoms with E-state index in [4.69, 9.17) is 0 Å². The molecule has 0 bridgehead atoms. The first-order chi connectivity index (χ1) is 8.25. The zero-order chi connectivity index (χ0) is 12.1. The lowest BCUT2D eigenvalue weighted by atomic mass is 10.1. The summed E-state index contributed by atoms with van der Waals surface area (Å²) in [6.07, 6.45) is 0. The van der Waals surface area contributed by atoms with E-state index in [-0.39, 0.29) is 5.91 Å². The van der Waals surface area contributed by atoms with Crippen LogP contribution in [0.3, 0.4) is 0 Å². The third-order valence-electron chi connectivity index (χ3n) is 2.58. The lowest BCUT2D eigenvalue weighted by Crippen LogP contribution is -2.22. The van der Waals surface area contributed by atoms with Crippen LogP contribution in [0.1, 0.15) is 21.5 Å². The van der Waals surface area contributed by atoms with E-state index in [0.717, 1.165) is 11.1 Å². The molecule has 0 radical (unpaired) electrons. The molecule has 2 aromatic carbocycles. The summed E-state index contributed by atoms with van der Waals surface area (Å²) in [5, 5.41) is 2.90. The molecule has 2 rings (SSSR count). The molecule has 2 nitrogen and oxygen atoms in total. The first-order valence-electron chi connectivity index (χ1n) is 5.64. The van der Waals surface area contributed by atoms with Crippen molar-refractivity contribution >= 4 is 5.91 Å². The molecule has 0 spiro atoms. The minimum atomic E-state index is -0.0300. The van der Waals surface area contributed by atoms with E-state index in [1.165, 1.54) is 0 Å². The highest BCUT2D eigenvalue weighted by Gasteiger charge is 2.04. The van der Waals surface area contributed by atoms with Gasteiger partial charge in [0.25, 0.3) is 5.91 Å². The van der Waals surface area contributed by atoms with Gasteiger partial charge in [-0.25, -0.2) is 0 Å². The van der Waals surface area contributed by atoms with Gasteiger partial charge in [0, 0.05) is 12.1 Å². The Morgan fingerprint density at radius 1 is 1.06 bits per heavy atom. The number of carbonyl (C=O) groups excluding carboxylic acids is 1. The summed E-state index contributed by atoms with van der Waals surface area (Å²) in [7, 11) is 0. The van der Waals surface area contributed by atoms with E-state index in [2.05, 4.69) is 5.32 Å². The zero-order valence-corrected chi connectivity index (χ0v) is 9.81. The fraction of sp³-hybridized carbons (Fsp3) is 0.133. The first-order valence-corrected chi connectivity index (χ1v) is 5.64. The molecule has 0 fully saturated rings. The molecule has 0 atom stereocenters. The van der Waals surface area contributed by atoms with Crippen molar-refractivity contribution in [3.8, 4) is 0 Å². The summed E-state index contributed by atoms with van der Waals surface area (Å²) >= 11 is 0. The van der Waals surface area contributed by atoms with Crippen molar-refractivity contribution < 1.29 is 4.79 Å². The smallest absolute Gasteiger partial charge is 0.251 e. The SMILES string of the molecule is Cc1cccc(C(=O)NCc2ccccc2)c1. The van der Waals surface area contributed by atoms with Crippen LogP contribution in [0.15, 0.2) is 54.6 Å². The predicted molar refractivity (Wildman–Crippen MR) is 68.8 cm³/mol. The lowest BCUT2D eigenvalue weighted by molar-refractivity contribution is 0.0951. The summed E-state index contributed by atoms with van der Waals surface area (Å²) in [5.74, 6) is -0.0300. The molecule has 17 heavy (non-hydrogen) atoms. The van der Waals surface area contributed by atoms with Crippen LogP contribution < -0.4 is 5.32 Å². The Bertz CT molecular complexity index is 505. The summed E-state index contributed by atoms with van der Waals surface area (Å²) in [6, 6.07) is 17.5. The number of amides is 1. The fourth-order valence-corrected chi connectivity index (χ4v) is 1.67. The highest BCUT2D eigenvalue weighted by Crippen LogP contribution is 2.04.